The number of carbonyl (C=O) groups excluding carboxylic acids is 2. The molecule has 1 saturated carbocycles. The van der Waals surface area contributed by atoms with Gasteiger partial charge in [0.15, 0.2) is 23.9 Å². The third kappa shape index (κ3) is 5.72. The highest BCUT2D eigenvalue weighted by Crippen LogP contribution is 2.32. The molecule has 0 unspecified atom stereocenters. The quantitative estimate of drug-likeness (QED) is 0.342. The molecule has 2 aromatic rings. The lowest BCUT2D eigenvalue weighted by atomic mass is 9.84. The van der Waals surface area contributed by atoms with Crippen LogP contribution in [0.5, 0.6) is 11.5 Å². The van der Waals surface area contributed by atoms with E-state index in [0.717, 1.165) is 5.56 Å². The fraction of sp³-hybridized carbons (Fsp3) is 0.360. The molecule has 0 amide bonds. The standard InChI is InChI=1S/C25H28O5/c1-28-23-14-8-18(16-24(23)29-2)9-15-25(27)30-17-22(26)21-12-10-20(11-13-21)19-6-4-3-5-7-19/h8-16,19H,3-7,17H2,1-2H3. The summed E-state index contributed by atoms with van der Waals surface area (Å²) in [6.07, 6.45) is 9.21. The van der Waals surface area contributed by atoms with Crippen molar-refractivity contribution in [2.75, 3.05) is 20.8 Å². The molecule has 1 aliphatic carbocycles. The number of hydrogen-bond acceptors (Lipinski definition) is 5. The van der Waals surface area contributed by atoms with Gasteiger partial charge in [-0.3, -0.25) is 4.79 Å². The molecule has 0 saturated heterocycles. The zero-order chi connectivity index (χ0) is 21.3. The number of esters is 1. The van der Waals surface area contributed by atoms with Crippen LogP contribution in [0.25, 0.3) is 6.08 Å². The van der Waals surface area contributed by atoms with Crippen LogP contribution in [-0.4, -0.2) is 32.6 Å². The van der Waals surface area contributed by atoms with E-state index in [0.29, 0.717) is 23.0 Å². The molecule has 0 heterocycles. The second-order valence-electron chi connectivity index (χ2n) is 7.44. The summed E-state index contributed by atoms with van der Waals surface area (Å²) in [7, 11) is 3.11. The smallest absolute Gasteiger partial charge is 0.331 e. The first-order chi connectivity index (χ1) is 14.6. The van der Waals surface area contributed by atoms with Crippen molar-refractivity contribution in [1.29, 1.82) is 0 Å². The molecular weight excluding hydrogens is 380 g/mol. The van der Waals surface area contributed by atoms with E-state index < -0.39 is 5.97 Å². The Kier molecular flexibility index (Phi) is 7.66. The maximum Gasteiger partial charge on any atom is 0.331 e. The molecule has 0 aromatic heterocycles. The van der Waals surface area contributed by atoms with E-state index in [-0.39, 0.29) is 12.4 Å². The Hall–Kier alpha value is -3.08. The summed E-state index contributed by atoms with van der Waals surface area (Å²) in [6.45, 7) is -0.280. The van der Waals surface area contributed by atoms with Crippen molar-refractivity contribution in [3.05, 3.63) is 65.2 Å². The number of ketones is 1. The van der Waals surface area contributed by atoms with Crippen molar-refractivity contribution in [1.82, 2.24) is 0 Å². The van der Waals surface area contributed by atoms with Crippen LogP contribution in [0, 0.1) is 0 Å². The van der Waals surface area contributed by atoms with Crippen LogP contribution < -0.4 is 9.47 Å². The van der Waals surface area contributed by atoms with Gasteiger partial charge in [0.1, 0.15) is 0 Å². The number of rotatable bonds is 8. The third-order valence-electron chi connectivity index (χ3n) is 5.47. The molecule has 0 bridgehead atoms. The lowest BCUT2D eigenvalue weighted by molar-refractivity contribution is -0.136. The van der Waals surface area contributed by atoms with Gasteiger partial charge in [-0.2, -0.15) is 0 Å². The minimum atomic E-state index is -0.572. The Morgan fingerprint density at radius 3 is 2.30 bits per heavy atom. The van der Waals surface area contributed by atoms with Crippen LogP contribution in [0.2, 0.25) is 0 Å². The highest BCUT2D eigenvalue weighted by atomic mass is 16.5. The first kappa shape index (κ1) is 21.6. The van der Waals surface area contributed by atoms with Gasteiger partial charge >= 0.3 is 5.97 Å². The van der Waals surface area contributed by atoms with Crippen molar-refractivity contribution >= 4 is 17.8 Å². The van der Waals surface area contributed by atoms with E-state index in [1.807, 2.05) is 24.3 Å². The number of benzene rings is 2. The van der Waals surface area contributed by atoms with E-state index >= 15 is 0 Å². The van der Waals surface area contributed by atoms with Gasteiger partial charge in [-0.1, -0.05) is 49.6 Å². The van der Waals surface area contributed by atoms with Gasteiger partial charge < -0.3 is 14.2 Å². The van der Waals surface area contributed by atoms with Crippen LogP contribution in [0.15, 0.2) is 48.5 Å². The number of Topliss-reactive ketones (excluding diaryl/α,β-unsaturated/α-hetero) is 1. The molecule has 1 aliphatic rings. The lowest BCUT2D eigenvalue weighted by Crippen LogP contribution is -2.13. The van der Waals surface area contributed by atoms with Crippen LogP contribution in [-0.2, 0) is 9.53 Å². The normalized spacial score (nSPS) is 14.5. The van der Waals surface area contributed by atoms with Gasteiger partial charge in [-0.25, -0.2) is 4.79 Å². The number of hydrogen-bond donors (Lipinski definition) is 0. The van der Waals surface area contributed by atoms with E-state index in [2.05, 4.69) is 0 Å². The van der Waals surface area contributed by atoms with Gasteiger partial charge in [0, 0.05) is 11.6 Å². The topological polar surface area (TPSA) is 61.8 Å². The molecule has 158 valence electrons. The molecule has 2 aromatic carbocycles. The molecule has 3 rings (SSSR count). The maximum absolute atomic E-state index is 12.3. The Morgan fingerprint density at radius 2 is 1.63 bits per heavy atom. The Morgan fingerprint density at radius 1 is 0.933 bits per heavy atom. The average Bonchev–Trinajstić information content (AvgIpc) is 2.81. The Bertz CT molecular complexity index is 892. The summed E-state index contributed by atoms with van der Waals surface area (Å²) < 4.78 is 15.5. The SMILES string of the molecule is COc1ccc(C=CC(=O)OCC(=O)c2ccc(C3CCCCC3)cc2)cc1OC. The second kappa shape index (κ2) is 10.6. The van der Waals surface area contributed by atoms with E-state index in [1.54, 1.807) is 38.5 Å². The maximum atomic E-state index is 12.3. The number of methoxy groups -OCH3 is 2. The van der Waals surface area contributed by atoms with Crippen LogP contribution in [0.4, 0.5) is 0 Å². The summed E-state index contributed by atoms with van der Waals surface area (Å²) in [5.74, 6) is 0.995. The number of ether oxygens (including phenoxy) is 3. The molecule has 0 atom stereocenters. The molecule has 5 heteroatoms. The Labute approximate surface area is 177 Å². The van der Waals surface area contributed by atoms with Gasteiger partial charge in [-0.15, -0.1) is 0 Å². The summed E-state index contributed by atoms with van der Waals surface area (Å²) >= 11 is 0. The summed E-state index contributed by atoms with van der Waals surface area (Å²) in [5.41, 5.74) is 2.61. The zero-order valence-corrected chi connectivity index (χ0v) is 17.6. The van der Waals surface area contributed by atoms with E-state index in [9.17, 15) is 9.59 Å². The van der Waals surface area contributed by atoms with Crippen molar-refractivity contribution in [3.8, 4) is 11.5 Å². The fourth-order valence-electron chi connectivity index (χ4n) is 3.77. The largest absolute Gasteiger partial charge is 0.493 e. The van der Waals surface area contributed by atoms with Crippen molar-refractivity contribution in [2.24, 2.45) is 0 Å². The molecule has 30 heavy (non-hydrogen) atoms. The fourth-order valence-corrected chi connectivity index (χ4v) is 3.77. The monoisotopic (exact) mass is 408 g/mol. The van der Waals surface area contributed by atoms with Gasteiger partial charge in [0.25, 0.3) is 0 Å². The van der Waals surface area contributed by atoms with Gasteiger partial charge in [0.05, 0.1) is 14.2 Å². The van der Waals surface area contributed by atoms with Crippen molar-refractivity contribution in [3.63, 3.8) is 0 Å². The third-order valence-corrected chi connectivity index (χ3v) is 5.47. The van der Waals surface area contributed by atoms with Gasteiger partial charge in [-0.05, 0) is 48.1 Å². The Balaban J connectivity index is 1.51. The predicted molar refractivity (Wildman–Crippen MR) is 116 cm³/mol. The summed E-state index contributed by atoms with van der Waals surface area (Å²) in [6, 6.07) is 13.0. The summed E-state index contributed by atoms with van der Waals surface area (Å²) in [4.78, 5) is 24.3. The van der Waals surface area contributed by atoms with Crippen LogP contribution in [0.1, 0.15) is 59.5 Å². The second-order valence-corrected chi connectivity index (χ2v) is 7.44. The zero-order valence-electron chi connectivity index (χ0n) is 17.6. The van der Waals surface area contributed by atoms with Crippen molar-refractivity contribution in [2.45, 2.75) is 38.0 Å². The summed E-state index contributed by atoms with van der Waals surface area (Å²) in [5, 5.41) is 0. The van der Waals surface area contributed by atoms with Crippen LogP contribution >= 0.6 is 0 Å². The van der Waals surface area contributed by atoms with E-state index in [4.69, 9.17) is 14.2 Å². The molecule has 0 radical (unpaired) electrons. The molecule has 0 spiro atoms. The van der Waals surface area contributed by atoms with Crippen LogP contribution in [0.3, 0.4) is 0 Å². The molecule has 5 nitrogen and oxygen atoms in total. The van der Waals surface area contributed by atoms with Gasteiger partial charge in [0.2, 0.25) is 0 Å². The minimum Gasteiger partial charge on any atom is -0.493 e. The van der Waals surface area contributed by atoms with Crippen molar-refractivity contribution < 1.29 is 23.8 Å². The molecular formula is C25H28O5. The first-order valence-corrected chi connectivity index (χ1v) is 10.3. The highest BCUT2D eigenvalue weighted by molar-refractivity contribution is 5.98. The lowest BCUT2D eigenvalue weighted by Gasteiger charge is -2.22. The number of carbonyl (C=O) groups is 2. The molecule has 0 aliphatic heterocycles. The molecule has 0 N–H and O–H groups in total. The van der Waals surface area contributed by atoms with E-state index in [1.165, 1.54) is 43.7 Å². The average molecular weight is 408 g/mol. The first-order valence-electron chi connectivity index (χ1n) is 10.3. The molecule has 1 fully saturated rings. The predicted octanol–water partition coefficient (Wildman–Crippen LogP) is 5.19. The minimum absolute atomic E-state index is 0.210. The highest BCUT2D eigenvalue weighted by Gasteiger charge is 2.16.